The van der Waals surface area contributed by atoms with E-state index in [2.05, 4.69) is 15.9 Å². The highest BCUT2D eigenvalue weighted by molar-refractivity contribution is 9.10. The molecule has 2 aromatic rings. The Hall–Kier alpha value is -2.21. The summed E-state index contributed by atoms with van der Waals surface area (Å²) in [6, 6.07) is 10.4. The molecule has 2 rings (SSSR count). The lowest BCUT2D eigenvalue weighted by atomic mass is 10.1. The molecule has 4 nitrogen and oxygen atoms in total. The van der Waals surface area contributed by atoms with E-state index in [4.69, 9.17) is 10.5 Å². The van der Waals surface area contributed by atoms with Crippen LogP contribution in [-0.2, 0) is 11.3 Å². The van der Waals surface area contributed by atoms with Gasteiger partial charge in [-0.05, 0) is 35.9 Å². The Morgan fingerprint density at radius 3 is 2.38 bits per heavy atom. The van der Waals surface area contributed by atoms with Gasteiger partial charge in [0.2, 0.25) is 5.91 Å². The maximum Gasteiger partial charge on any atom is 0.341 e. The summed E-state index contributed by atoms with van der Waals surface area (Å²) in [4.78, 5) is 22.7. The van der Waals surface area contributed by atoms with Crippen molar-refractivity contribution in [2.45, 2.75) is 6.61 Å². The molecular weight excluding hydrogens is 341 g/mol. The average molecular weight is 352 g/mol. The van der Waals surface area contributed by atoms with E-state index >= 15 is 0 Å². The number of benzene rings is 2. The molecule has 0 aliphatic carbocycles. The summed E-state index contributed by atoms with van der Waals surface area (Å²) in [5, 5.41) is 0. The van der Waals surface area contributed by atoms with E-state index in [0.29, 0.717) is 15.6 Å². The van der Waals surface area contributed by atoms with Crippen molar-refractivity contribution >= 4 is 27.8 Å². The molecule has 0 fully saturated rings. The number of amides is 1. The lowest BCUT2D eigenvalue weighted by Gasteiger charge is -2.06. The molecule has 0 aliphatic heterocycles. The standard InChI is InChI=1S/C15H11BrFNO3/c16-11-5-6-12(13(17)7-11)15(20)21-8-9-1-3-10(4-2-9)14(18)19/h1-7H,8H2,(H2,18,19). The van der Waals surface area contributed by atoms with Crippen LogP contribution < -0.4 is 5.73 Å². The van der Waals surface area contributed by atoms with Crippen LogP contribution in [0.1, 0.15) is 26.3 Å². The van der Waals surface area contributed by atoms with Crippen LogP contribution in [-0.4, -0.2) is 11.9 Å². The zero-order chi connectivity index (χ0) is 15.4. The van der Waals surface area contributed by atoms with Crippen LogP contribution >= 0.6 is 15.9 Å². The first-order chi connectivity index (χ1) is 9.97. The molecule has 21 heavy (non-hydrogen) atoms. The SMILES string of the molecule is NC(=O)c1ccc(COC(=O)c2ccc(Br)cc2F)cc1. The molecule has 0 atom stereocenters. The van der Waals surface area contributed by atoms with E-state index in [1.54, 1.807) is 18.2 Å². The summed E-state index contributed by atoms with van der Waals surface area (Å²) in [5.41, 5.74) is 6.03. The molecule has 0 radical (unpaired) electrons. The first kappa shape index (κ1) is 15.2. The highest BCUT2D eigenvalue weighted by Gasteiger charge is 2.13. The van der Waals surface area contributed by atoms with Gasteiger partial charge in [-0.25, -0.2) is 9.18 Å². The largest absolute Gasteiger partial charge is 0.457 e. The van der Waals surface area contributed by atoms with Crippen LogP contribution in [0.4, 0.5) is 4.39 Å². The molecule has 6 heteroatoms. The van der Waals surface area contributed by atoms with Gasteiger partial charge in [-0.2, -0.15) is 0 Å². The molecule has 0 unspecified atom stereocenters. The molecule has 0 saturated carbocycles. The fourth-order valence-corrected chi connectivity index (χ4v) is 1.98. The van der Waals surface area contributed by atoms with Crippen molar-refractivity contribution in [1.82, 2.24) is 0 Å². The third-order valence-electron chi connectivity index (χ3n) is 2.76. The molecule has 2 N–H and O–H groups in total. The summed E-state index contributed by atoms with van der Waals surface area (Å²) in [6.45, 7) is -0.0205. The molecule has 2 aromatic carbocycles. The van der Waals surface area contributed by atoms with E-state index in [9.17, 15) is 14.0 Å². The van der Waals surface area contributed by atoms with Crippen LogP contribution in [0.2, 0.25) is 0 Å². The predicted octanol–water partition coefficient (Wildman–Crippen LogP) is 3.04. The van der Waals surface area contributed by atoms with Crippen LogP contribution in [0, 0.1) is 5.82 Å². The smallest absolute Gasteiger partial charge is 0.341 e. The van der Waals surface area contributed by atoms with Crippen molar-refractivity contribution in [2.75, 3.05) is 0 Å². The highest BCUT2D eigenvalue weighted by atomic mass is 79.9. The van der Waals surface area contributed by atoms with Gasteiger partial charge >= 0.3 is 5.97 Å². The lowest BCUT2D eigenvalue weighted by molar-refractivity contribution is 0.0467. The van der Waals surface area contributed by atoms with E-state index in [0.717, 1.165) is 0 Å². The zero-order valence-corrected chi connectivity index (χ0v) is 12.4. The van der Waals surface area contributed by atoms with Crippen molar-refractivity contribution in [1.29, 1.82) is 0 Å². The molecule has 0 bridgehead atoms. The Kier molecular flexibility index (Phi) is 4.70. The normalized spacial score (nSPS) is 10.2. The summed E-state index contributed by atoms with van der Waals surface area (Å²) >= 11 is 3.11. The van der Waals surface area contributed by atoms with Gasteiger partial charge < -0.3 is 10.5 Å². The number of carbonyl (C=O) groups is 2. The fraction of sp³-hybridized carbons (Fsp3) is 0.0667. The molecule has 108 valence electrons. The van der Waals surface area contributed by atoms with Crippen LogP contribution in [0.3, 0.4) is 0 Å². The Labute approximate surface area is 128 Å². The maximum atomic E-state index is 13.6. The van der Waals surface area contributed by atoms with Gasteiger partial charge in [0.15, 0.2) is 0 Å². The van der Waals surface area contributed by atoms with Crippen molar-refractivity contribution in [3.05, 3.63) is 69.4 Å². The van der Waals surface area contributed by atoms with Gasteiger partial charge in [-0.1, -0.05) is 28.1 Å². The Bertz CT molecular complexity index is 686. The number of ether oxygens (including phenoxy) is 1. The Morgan fingerprint density at radius 1 is 1.14 bits per heavy atom. The third-order valence-corrected chi connectivity index (χ3v) is 3.25. The third kappa shape index (κ3) is 3.88. The summed E-state index contributed by atoms with van der Waals surface area (Å²) in [5.74, 6) is -1.94. The first-order valence-electron chi connectivity index (χ1n) is 5.98. The number of hydrogen-bond donors (Lipinski definition) is 1. The van der Waals surface area contributed by atoms with Crippen LogP contribution in [0.5, 0.6) is 0 Å². The topological polar surface area (TPSA) is 69.4 Å². The van der Waals surface area contributed by atoms with Crippen molar-refractivity contribution < 1.29 is 18.7 Å². The maximum absolute atomic E-state index is 13.6. The van der Waals surface area contributed by atoms with E-state index in [-0.39, 0.29) is 12.2 Å². The minimum atomic E-state index is -0.751. The molecule has 1 amide bonds. The average Bonchev–Trinajstić information content (AvgIpc) is 2.45. The van der Waals surface area contributed by atoms with E-state index < -0.39 is 17.7 Å². The van der Waals surface area contributed by atoms with Crippen LogP contribution in [0.15, 0.2) is 46.9 Å². The van der Waals surface area contributed by atoms with Crippen LogP contribution in [0.25, 0.3) is 0 Å². The molecule has 0 aliphatic rings. The summed E-state index contributed by atoms with van der Waals surface area (Å²) in [6.07, 6.45) is 0. The van der Waals surface area contributed by atoms with E-state index in [1.807, 2.05) is 0 Å². The van der Waals surface area contributed by atoms with Gasteiger partial charge in [0.1, 0.15) is 12.4 Å². The van der Waals surface area contributed by atoms with Gasteiger partial charge in [-0.15, -0.1) is 0 Å². The highest BCUT2D eigenvalue weighted by Crippen LogP contribution is 2.16. The fourth-order valence-electron chi connectivity index (χ4n) is 1.65. The molecule has 0 saturated heterocycles. The Morgan fingerprint density at radius 2 is 1.81 bits per heavy atom. The second-order valence-electron chi connectivity index (χ2n) is 4.26. The number of nitrogens with two attached hydrogens (primary N) is 1. The first-order valence-corrected chi connectivity index (χ1v) is 6.77. The second kappa shape index (κ2) is 6.49. The molecule has 0 aromatic heterocycles. The van der Waals surface area contributed by atoms with Gasteiger partial charge in [0, 0.05) is 10.0 Å². The van der Waals surface area contributed by atoms with Gasteiger partial charge in [-0.3, -0.25) is 4.79 Å². The minimum absolute atomic E-state index is 0.0205. The zero-order valence-electron chi connectivity index (χ0n) is 10.8. The number of esters is 1. The number of hydrogen-bond acceptors (Lipinski definition) is 3. The quantitative estimate of drug-likeness (QED) is 0.860. The van der Waals surface area contributed by atoms with Crippen molar-refractivity contribution in [2.24, 2.45) is 5.73 Å². The Balaban J connectivity index is 2.02. The summed E-state index contributed by atoms with van der Waals surface area (Å²) < 4.78 is 19.2. The predicted molar refractivity (Wildman–Crippen MR) is 78.2 cm³/mol. The summed E-state index contributed by atoms with van der Waals surface area (Å²) in [7, 11) is 0. The minimum Gasteiger partial charge on any atom is -0.457 e. The monoisotopic (exact) mass is 351 g/mol. The number of carbonyl (C=O) groups excluding carboxylic acids is 2. The molecular formula is C15H11BrFNO3. The lowest BCUT2D eigenvalue weighted by Crippen LogP contribution is -2.11. The molecule has 0 heterocycles. The number of rotatable bonds is 4. The number of halogens is 2. The second-order valence-corrected chi connectivity index (χ2v) is 5.18. The van der Waals surface area contributed by atoms with Gasteiger partial charge in [0.25, 0.3) is 0 Å². The van der Waals surface area contributed by atoms with E-state index in [1.165, 1.54) is 24.3 Å². The molecule has 0 spiro atoms. The van der Waals surface area contributed by atoms with Gasteiger partial charge in [0.05, 0.1) is 5.56 Å². The number of primary amides is 1. The van der Waals surface area contributed by atoms with Crippen molar-refractivity contribution in [3.8, 4) is 0 Å². The van der Waals surface area contributed by atoms with Crippen molar-refractivity contribution in [3.63, 3.8) is 0 Å².